The molecule has 0 aliphatic rings. The summed E-state index contributed by atoms with van der Waals surface area (Å²) >= 11 is 0. The quantitative estimate of drug-likeness (QED) is 0.174. The third-order valence-corrected chi connectivity index (χ3v) is 6.57. The van der Waals surface area contributed by atoms with Crippen LogP contribution >= 0.6 is 0 Å². The summed E-state index contributed by atoms with van der Waals surface area (Å²) in [5.74, 6) is -1.54. The molecule has 12 nitrogen and oxygen atoms in total. The maximum atomic E-state index is 11.6. The maximum Gasteiger partial charge on any atom is 2.00 e. The molecule has 0 saturated heterocycles. The molecule has 0 radical (unpaired) electrons. The van der Waals surface area contributed by atoms with Gasteiger partial charge in [-0.05, 0) is 61.6 Å². The minimum Gasteiger partial charge on any atom is -0.550 e. The molecule has 0 heterocycles. The summed E-state index contributed by atoms with van der Waals surface area (Å²) < 4.78 is 10.7. The van der Waals surface area contributed by atoms with E-state index in [1.54, 1.807) is 48.5 Å². The first-order chi connectivity index (χ1) is 21.1. The number of nitrogens with zero attached hydrogens (tertiary/aromatic N) is 2. The number of benzene rings is 2. The molecule has 2 aromatic carbocycles. The first-order valence-corrected chi connectivity index (χ1v) is 14.9. The van der Waals surface area contributed by atoms with Crippen LogP contribution < -0.4 is 30.3 Å². The molecular weight excluding hydrogens is 608 g/mol. The summed E-state index contributed by atoms with van der Waals surface area (Å²) in [5.41, 5.74) is 1.27. The molecule has 2 aromatic rings. The Kier molecular flexibility index (Phi) is 23.7. The van der Waals surface area contributed by atoms with E-state index in [-0.39, 0.29) is 75.6 Å². The summed E-state index contributed by atoms with van der Waals surface area (Å²) in [7, 11) is 0. The predicted molar refractivity (Wildman–Crippen MR) is 169 cm³/mol. The summed E-state index contributed by atoms with van der Waals surface area (Å²) in [4.78, 5) is 48.7. The number of likely N-dealkylation sites (N-methyl/N-ethyl adjacent to an activating group) is 2. The fraction of sp³-hybridized carbons (Fsp3) is 0.500. The number of hydrogen-bond donors (Lipinski definition) is 2. The predicted octanol–water partition coefficient (Wildman–Crippen LogP) is -0.749. The van der Waals surface area contributed by atoms with E-state index in [9.17, 15) is 29.4 Å². The fourth-order valence-corrected chi connectivity index (χ4v) is 3.93. The molecule has 0 fully saturated rings. The zero-order valence-electron chi connectivity index (χ0n) is 27.0. The van der Waals surface area contributed by atoms with Crippen LogP contribution in [-0.4, -0.2) is 137 Å². The van der Waals surface area contributed by atoms with Crippen molar-refractivity contribution in [1.82, 2.24) is 20.4 Å². The monoisotopic (exact) mass is 654 g/mol. The fourth-order valence-electron chi connectivity index (χ4n) is 3.93. The zero-order chi connectivity index (χ0) is 32.7. The molecule has 0 spiro atoms. The molecule has 0 aliphatic carbocycles. The van der Waals surface area contributed by atoms with Crippen molar-refractivity contribution in [1.29, 1.82) is 0 Å². The smallest absolute Gasteiger partial charge is 0.550 e. The largest absolute Gasteiger partial charge is 2.00 e. The van der Waals surface area contributed by atoms with Crippen LogP contribution in [0.3, 0.4) is 0 Å². The van der Waals surface area contributed by atoms with Gasteiger partial charge >= 0.3 is 37.7 Å². The van der Waals surface area contributed by atoms with E-state index in [4.69, 9.17) is 9.47 Å². The molecule has 0 saturated carbocycles. The van der Waals surface area contributed by atoms with Crippen molar-refractivity contribution in [2.24, 2.45) is 0 Å². The van der Waals surface area contributed by atoms with E-state index in [1.165, 1.54) is 0 Å². The van der Waals surface area contributed by atoms with E-state index in [2.05, 4.69) is 48.1 Å². The Hall–Kier alpha value is -2.90. The second-order valence-electron chi connectivity index (χ2n) is 9.72. The van der Waals surface area contributed by atoms with Crippen LogP contribution in [0, 0.1) is 0 Å². The number of amides is 2. The number of aliphatic carboxylic acids is 2. The topological polar surface area (TPSA) is 163 Å². The van der Waals surface area contributed by atoms with Gasteiger partial charge in [-0.25, -0.2) is 0 Å². The van der Waals surface area contributed by atoms with Crippen molar-refractivity contribution < 1.29 is 38.9 Å². The van der Waals surface area contributed by atoms with Gasteiger partial charge < -0.3 is 49.7 Å². The van der Waals surface area contributed by atoms with Gasteiger partial charge in [0, 0.05) is 51.0 Å². The molecular formula is C32H46CaN4O8. The molecule has 0 aromatic heterocycles. The Morgan fingerprint density at radius 2 is 0.911 bits per heavy atom. The Morgan fingerprint density at radius 1 is 0.600 bits per heavy atom. The van der Waals surface area contributed by atoms with Crippen molar-refractivity contribution in [3.63, 3.8) is 0 Å². The van der Waals surface area contributed by atoms with E-state index in [1.807, 2.05) is 0 Å². The number of carbonyl (C=O) groups excluding carboxylic acids is 4. The zero-order valence-corrected chi connectivity index (χ0v) is 29.2. The molecule has 0 aliphatic heterocycles. The van der Waals surface area contributed by atoms with E-state index < -0.39 is 11.9 Å². The number of carbonyl (C=O) groups is 4. The second kappa shape index (κ2) is 25.3. The second-order valence-corrected chi connectivity index (χ2v) is 9.72. The Labute approximate surface area is 296 Å². The van der Waals surface area contributed by atoms with Gasteiger partial charge in [0.15, 0.2) is 13.2 Å². The number of rotatable bonds is 20. The molecule has 13 heteroatoms. The van der Waals surface area contributed by atoms with Gasteiger partial charge in [-0.1, -0.05) is 52.0 Å². The average Bonchev–Trinajstić information content (AvgIpc) is 3.00. The summed E-state index contributed by atoms with van der Waals surface area (Å²) in [6.45, 7) is 14.9. The number of hydrogen-bond acceptors (Lipinski definition) is 10. The van der Waals surface area contributed by atoms with Crippen LogP contribution in [0.1, 0.15) is 38.8 Å². The van der Waals surface area contributed by atoms with Crippen molar-refractivity contribution in [3.05, 3.63) is 59.7 Å². The van der Waals surface area contributed by atoms with Gasteiger partial charge in [-0.2, -0.15) is 0 Å². The van der Waals surface area contributed by atoms with Gasteiger partial charge in [0.2, 0.25) is 0 Å². The molecule has 0 bridgehead atoms. The molecule has 45 heavy (non-hydrogen) atoms. The molecule has 2 rings (SSSR count). The van der Waals surface area contributed by atoms with Gasteiger partial charge in [-0.3, -0.25) is 9.59 Å². The van der Waals surface area contributed by atoms with Crippen molar-refractivity contribution in [2.75, 3.05) is 65.6 Å². The summed E-state index contributed by atoms with van der Waals surface area (Å²) in [6.07, 6.45) is -0.266. The van der Waals surface area contributed by atoms with Crippen molar-refractivity contribution in [3.8, 4) is 11.5 Å². The SMILES string of the molecule is CCN(CC)CCNC(=O)COc1ccc(CC(=O)[O-])cc1.CCN(CC)CCNC(=O)COc1ccc(CC(=O)[O-])cc1.[Ca+2]. The number of ether oxygens (including phenoxy) is 2. The molecule has 0 atom stereocenters. The first kappa shape index (κ1) is 42.1. The molecule has 2 N–H and O–H groups in total. The van der Waals surface area contributed by atoms with Gasteiger partial charge in [0.1, 0.15) is 11.5 Å². The van der Waals surface area contributed by atoms with E-state index >= 15 is 0 Å². The van der Waals surface area contributed by atoms with Crippen LogP contribution in [0.4, 0.5) is 0 Å². The normalized spacial score (nSPS) is 10.3. The van der Waals surface area contributed by atoms with E-state index in [0.717, 1.165) is 39.3 Å². The Morgan fingerprint density at radius 3 is 1.18 bits per heavy atom. The van der Waals surface area contributed by atoms with Crippen LogP contribution in [0.5, 0.6) is 11.5 Å². The van der Waals surface area contributed by atoms with Gasteiger partial charge in [-0.15, -0.1) is 0 Å². The standard InChI is InChI=1S/2C16H24N2O4.Ca/c2*1-3-18(4-2)10-9-17-15(19)12-22-14-7-5-13(6-8-14)11-16(20)21;/h2*5-8H,3-4,9-12H2,1-2H3,(H,17,19)(H,20,21);/q;;+2/p-2. The maximum absolute atomic E-state index is 11.6. The van der Waals surface area contributed by atoms with E-state index in [0.29, 0.717) is 35.7 Å². The van der Waals surface area contributed by atoms with Crippen LogP contribution in [0.25, 0.3) is 0 Å². The van der Waals surface area contributed by atoms with Crippen molar-refractivity contribution >= 4 is 61.5 Å². The van der Waals surface area contributed by atoms with Gasteiger partial charge in [0.05, 0.1) is 0 Å². The summed E-state index contributed by atoms with van der Waals surface area (Å²) in [5, 5.41) is 26.5. The minimum atomic E-state index is -1.12. The number of nitrogens with one attached hydrogen (secondary N) is 2. The number of carboxylic acid groups (broad SMARTS) is 2. The third-order valence-electron chi connectivity index (χ3n) is 6.57. The molecule has 0 unspecified atom stereocenters. The Balaban J connectivity index is 0.000000842. The first-order valence-electron chi connectivity index (χ1n) is 14.9. The Bertz CT molecular complexity index is 1040. The summed E-state index contributed by atoms with van der Waals surface area (Å²) in [6, 6.07) is 13.1. The number of carboxylic acids is 2. The van der Waals surface area contributed by atoms with Crippen LogP contribution in [0.2, 0.25) is 0 Å². The van der Waals surface area contributed by atoms with Crippen LogP contribution in [-0.2, 0) is 32.0 Å². The molecule has 244 valence electrons. The molecule has 2 amide bonds. The van der Waals surface area contributed by atoms with Crippen LogP contribution in [0.15, 0.2) is 48.5 Å². The third kappa shape index (κ3) is 20.7. The minimum absolute atomic E-state index is 0. The average molecular weight is 655 g/mol. The van der Waals surface area contributed by atoms with Crippen molar-refractivity contribution in [2.45, 2.75) is 40.5 Å². The van der Waals surface area contributed by atoms with Gasteiger partial charge in [0.25, 0.3) is 11.8 Å².